The lowest BCUT2D eigenvalue weighted by atomic mass is 10.2. The number of hydrogen-bond donors (Lipinski definition) is 0. The number of hydrogen-bond acceptors (Lipinski definition) is 0. The molecule has 0 aliphatic heterocycles. The lowest BCUT2D eigenvalue weighted by molar-refractivity contribution is 0.742. The van der Waals surface area contributed by atoms with E-state index in [0.717, 1.165) is 11.4 Å². The molecule has 0 spiro atoms. The smallest absolute Gasteiger partial charge is 0.0480 e. The summed E-state index contributed by atoms with van der Waals surface area (Å²) in [6.07, 6.45) is 3.64. The maximum absolute atomic E-state index is 5.98. The highest BCUT2D eigenvalue weighted by Gasteiger charge is 2.05. The van der Waals surface area contributed by atoms with Gasteiger partial charge in [0.25, 0.3) is 0 Å². The van der Waals surface area contributed by atoms with E-state index in [4.69, 9.17) is 11.6 Å². The van der Waals surface area contributed by atoms with E-state index in [9.17, 15) is 0 Å². The number of halogens is 1. The van der Waals surface area contributed by atoms with E-state index in [-0.39, 0.29) is 0 Å². The molecular weight excluding hydrogens is 206 g/mol. The molecule has 15 heavy (non-hydrogen) atoms. The van der Waals surface area contributed by atoms with Crippen molar-refractivity contribution >= 4 is 22.5 Å². The van der Waals surface area contributed by atoms with E-state index in [1.165, 1.54) is 29.4 Å². The van der Waals surface area contributed by atoms with Crippen LogP contribution >= 0.6 is 11.6 Å². The Morgan fingerprint density at radius 1 is 1.27 bits per heavy atom. The fourth-order valence-electron chi connectivity index (χ4n) is 1.98. The average molecular weight is 222 g/mol. The number of nitrogens with zero attached hydrogens (tertiary/aromatic N) is 1. The minimum Gasteiger partial charge on any atom is -0.348 e. The van der Waals surface area contributed by atoms with Gasteiger partial charge < -0.3 is 4.57 Å². The first-order valence-electron chi connectivity index (χ1n) is 5.46. The van der Waals surface area contributed by atoms with Gasteiger partial charge in [0.15, 0.2) is 0 Å². The molecule has 0 saturated carbocycles. The van der Waals surface area contributed by atoms with Crippen molar-refractivity contribution in [3.05, 3.63) is 35.0 Å². The second kappa shape index (κ2) is 4.28. The fraction of sp³-hybridized carbons (Fsp3) is 0.385. The zero-order valence-corrected chi connectivity index (χ0v) is 10.0. The van der Waals surface area contributed by atoms with Crippen LogP contribution in [0.25, 0.3) is 10.9 Å². The number of aryl methyl sites for hydroxylation is 2. The van der Waals surface area contributed by atoms with Crippen LogP contribution in [0.3, 0.4) is 0 Å². The Kier molecular flexibility index (Phi) is 3.01. The van der Waals surface area contributed by atoms with Crippen molar-refractivity contribution in [2.45, 2.75) is 26.2 Å². The summed E-state index contributed by atoms with van der Waals surface area (Å²) in [4.78, 5) is 0. The molecule has 1 aromatic heterocycles. The van der Waals surface area contributed by atoms with Crippen LogP contribution in [-0.4, -0.2) is 4.57 Å². The van der Waals surface area contributed by atoms with Crippen LogP contribution in [0.1, 0.15) is 25.5 Å². The van der Waals surface area contributed by atoms with E-state index < -0.39 is 0 Å². The molecule has 0 atom stereocenters. The highest BCUT2D eigenvalue weighted by Crippen LogP contribution is 2.23. The highest BCUT2D eigenvalue weighted by atomic mass is 35.5. The lowest BCUT2D eigenvalue weighted by Crippen LogP contribution is -1.95. The van der Waals surface area contributed by atoms with Gasteiger partial charge in [0.2, 0.25) is 0 Å². The summed E-state index contributed by atoms with van der Waals surface area (Å²) in [5.41, 5.74) is 2.67. The van der Waals surface area contributed by atoms with Crippen molar-refractivity contribution in [2.75, 3.05) is 0 Å². The molecule has 0 N–H and O–H groups in total. The molecule has 0 aliphatic rings. The Morgan fingerprint density at radius 2 is 2.07 bits per heavy atom. The lowest BCUT2D eigenvalue weighted by Gasteiger charge is -2.02. The molecule has 1 nitrogen and oxygen atoms in total. The van der Waals surface area contributed by atoms with Crippen molar-refractivity contribution in [1.29, 1.82) is 0 Å². The van der Waals surface area contributed by atoms with Gasteiger partial charge in [0.1, 0.15) is 0 Å². The fourth-order valence-corrected chi connectivity index (χ4v) is 2.16. The number of fused-ring (bicyclic) bond motifs is 1. The molecule has 2 rings (SSSR count). The average Bonchev–Trinajstić information content (AvgIpc) is 2.52. The SMILES string of the molecule is CCCCc1cc2cc(Cl)ccc2n1C. The van der Waals surface area contributed by atoms with E-state index in [1.807, 2.05) is 12.1 Å². The molecular formula is C13H16ClN. The van der Waals surface area contributed by atoms with Crippen molar-refractivity contribution in [3.8, 4) is 0 Å². The monoisotopic (exact) mass is 221 g/mol. The summed E-state index contributed by atoms with van der Waals surface area (Å²) in [5, 5.41) is 2.06. The topological polar surface area (TPSA) is 4.93 Å². The van der Waals surface area contributed by atoms with E-state index in [2.05, 4.69) is 30.7 Å². The maximum atomic E-state index is 5.98. The standard InChI is InChI=1S/C13H16ClN/c1-3-4-5-12-9-10-8-11(14)6-7-13(10)15(12)2/h6-9H,3-5H2,1-2H3. The Balaban J connectivity index is 2.44. The van der Waals surface area contributed by atoms with E-state index in [1.54, 1.807) is 0 Å². The zero-order chi connectivity index (χ0) is 10.8. The third kappa shape index (κ3) is 2.03. The first-order valence-corrected chi connectivity index (χ1v) is 5.84. The Hall–Kier alpha value is -0.950. The summed E-state index contributed by atoms with van der Waals surface area (Å²) < 4.78 is 2.27. The second-order valence-corrected chi connectivity index (χ2v) is 4.44. The van der Waals surface area contributed by atoms with Gasteiger partial charge in [-0.2, -0.15) is 0 Å². The largest absolute Gasteiger partial charge is 0.348 e. The number of unbranched alkanes of at least 4 members (excludes halogenated alkanes) is 1. The maximum Gasteiger partial charge on any atom is 0.0480 e. The molecule has 0 radical (unpaired) electrons. The first-order chi connectivity index (χ1) is 7.22. The zero-order valence-electron chi connectivity index (χ0n) is 9.26. The molecule has 2 aromatic rings. The molecule has 0 amide bonds. The van der Waals surface area contributed by atoms with Crippen LogP contribution < -0.4 is 0 Å². The summed E-state index contributed by atoms with van der Waals surface area (Å²) in [6, 6.07) is 8.32. The number of rotatable bonds is 3. The summed E-state index contributed by atoms with van der Waals surface area (Å²) >= 11 is 5.98. The first kappa shape index (κ1) is 10.6. The Labute approximate surface area is 95.7 Å². The van der Waals surface area contributed by atoms with Crippen LogP contribution in [0.15, 0.2) is 24.3 Å². The third-order valence-electron chi connectivity index (χ3n) is 2.89. The van der Waals surface area contributed by atoms with Crippen LogP contribution in [0, 0.1) is 0 Å². The summed E-state index contributed by atoms with van der Waals surface area (Å²) in [6.45, 7) is 2.22. The Bertz CT molecular complexity index is 471. The van der Waals surface area contributed by atoms with Gasteiger partial charge in [0.05, 0.1) is 0 Å². The molecule has 1 aromatic carbocycles. The van der Waals surface area contributed by atoms with Crippen LogP contribution in [0.2, 0.25) is 5.02 Å². The molecule has 2 heteroatoms. The van der Waals surface area contributed by atoms with Gasteiger partial charge in [-0.05, 0) is 37.1 Å². The number of benzene rings is 1. The van der Waals surface area contributed by atoms with Gasteiger partial charge in [-0.25, -0.2) is 0 Å². The van der Waals surface area contributed by atoms with Gasteiger partial charge >= 0.3 is 0 Å². The minimum atomic E-state index is 0.815. The van der Waals surface area contributed by atoms with Crippen molar-refractivity contribution in [3.63, 3.8) is 0 Å². The van der Waals surface area contributed by atoms with E-state index in [0.29, 0.717) is 0 Å². The molecule has 0 bridgehead atoms. The van der Waals surface area contributed by atoms with Crippen molar-refractivity contribution < 1.29 is 0 Å². The molecule has 0 aliphatic carbocycles. The summed E-state index contributed by atoms with van der Waals surface area (Å²) in [7, 11) is 2.13. The van der Waals surface area contributed by atoms with Crippen molar-refractivity contribution in [1.82, 2.24) is 4.57 Å². The van der Waals surface area contributed by atoms with Crippen LogP contribution in [-0.2, 0) is 13.5 Å². The predicted molar refractivity (Wildman–Crippen MR) is 66.5 cm³/mol. The van der Waals surface area contributed by atoms with Crippen LogP contribution in [0.5, 0.6) is 0 Å². The van der Waals surface area contributed by atoms with Crippen molar-refractivity contribution in [2.24, 2.45) is 7.05 Å². The Morgan fingerprint density at radius 3 is 2.80 bits per heavy atom. The third-order valence-corrected chi connectivity index (χ3v) is 3.13. The van der Waals surface area contributed by atoms with Crippen LogP contribution in [0.4, 0.5) is 0 Å². The second-order valence-electron chi connectivity index (χ2n) is 4.00. The van der Waals surface area contributed by atoms with E-state index >= 15 is 0 Å². The quantitative estimate of drug-likeness (QED) is 0.733. The molecule has 80 valence electrons. The van der Waals surface area contributed by atoms with Gasteiger partial charge in [-0.3, -0.25) is 0 Å². The summed E-state index contributed by atoms with van der Waals surface area (Å²) in [5.74, 6) is 0. The van der Waals surface area contributed by atoms with Gasteiger partial charge in [-0.1, -0.05) is 24.9 Å². The minimum absolute atomic E-state index is 0.815. The van der Waals surface area contributed by atoms with Gasteiger partial charge in [-0.15, -0.1) is 0 Å². The molecule has 0 unspecified atom stereocenters. The molecule has 0 fully saturated rings. The molecule has 0 saturated heterocycles. The molecule has 1 heterocycles. The number of aromatic nitrogens is 1. The predicted octanol–water partition coefficient (Wildman–Crippen LogP) is 4.17. The normalized spacial score (nSPS) is 11.1. The van der Waals surface area contributed by atoms with Gasteiger partial charge in [0, 0.05) is 28.7 Å². The highest BCUT2D eigenvalue weighted by molar-refractivity contribution is 6.31.